The van der Waals surface area contributed by atoms with Crippen LogP contribution in [0.25, 0.3) is 0 Å². The van der Waals surface area contributed by atoms with Crippen molar-refractivity contribution in [1.82, 2.24) is 9.78 Å². The van der Waals surface area contributed by atoms with Gasteiger partial charge in [-0.15, -0.1) is 0 Å². The molecule has 3 rings (SSSR count). The molecule has 0 unspecified atom stereocenters. The number of fused-ring (bicyclic) bond motifs is 1. The van der Waals surface area contributed by atoms with Crippen LogP contribution in [0.3, 0.4) is 0 Å². The Bertz CT molecular complexity index is 600. The first-order valence-electron chi connectivity index (χ1n) is 7.31. The Morgan fingerprint density at radius 3 is 2.95 bits per heavy atom. The molecule has 4 nitrogen and oxygen atoms in total. The van der Waals surface area contributed by atoms with Gasteiger partial charge in [0.2, 0.25) is 0 Å². The number of nitrogen functional groups attached to an aromatic ring is 1. The minimum Gasteiger partial charge on any atom is -0.398 e. The van der Waals surface area contributed by atoms with Gasteiger partial charge in [-0.1, -0.05) is 6.07 Å². The molecule has 2 N–H and O–H groups in total. The molecule has 1 aliphatic heterocycles. The molecule has 0 fully saturated rings. The van der Waals surface area contributed by atoms with Gasteiger partial charge < -0.3 is 10.6 Å². The number of hydrogen-bond acceptors (Lipinski definition) is 3. The molecule has 1 aliphatic rings. The Morgan fingerprint density at radius 2 is 2.15 bits per heavy atom. The molecule has 0 atom stereocenters. The van der Waals surface area contributed by atoms with E-state index in [1.807, 2.05) is 18.3 Å². The molecule has 1 aromatic heterocycles. The predicted molar refractivity (Wildman–Crippen MR) is 82.8 cm³/mol. The highest BCUT2D eigenvalue weighted by Gasteiger charge is 2.20. The van der Waals surface area contributed by atoms with Crippen LogP contribution in [0.15, 0.2) is 30.5 Å². The lowest BCUT2D eigenvalue weighted by molar-refractivity contribution is 0.503. The van der Waals surface area contributed by atoms with Gasteiger partial charge in [0.1, 0.15) is 0 Å². The highest BCUT2D eigenvalue weighted by atomic mass is 15.3. The highest BCUT2D eigenvalue weighted by Crippen LogP contribution is 2.32. The molecule has 0 saturated heterocycles. The molecule has 0 radical (unpaired) electrons. The molecule has 0 saturated carbocycles. The number of benzene rings is 1. The molecule has 0 amide bonds. The van der Waals surface area contributed by atoms with E-state index in [0.29, 0.717) is 6.04 Å². The molecule has 4 heteroatoms. The van der Waals surface area contributed by atoms with Gasteiger partial charge in [0, 0.05) is 30.2 Å². The molecule has 0 aliphatic carbocycles. The maximum Gasteiger partial charge on any atom is 0.0599 e. The summed E-state index contributed by atoms with van der Waals surface area (Å²) in [5, 5.41) is 4.42. The van der Waals surface area contributed by atoms with Crippen molar-refractivity contribution in [3.8, 4) is 0 Å². The van der Waals surface area contributed by atoms with Crippen LogP contribution in [0.2, 0.25) is 0 Å². The number of hydrogen-bond donors (Lipinski definition) is 1. The Kier molecular flexibility index (Phi) is 3.38. The topological polar surface area (TPSA) is 47.1 Å². The lowest BCUT2D eigenvalue weighted by Crippen LogP contribution is -2.30. The van der Waals surface area contributed by atoms with Gasteiger partial charge in [-0.3, -0.25) is 4.68 Å². The van der Waals surface area contributed by atoms with Gasteiger partial charge in [0.15, 0.2) is 0 Å². The summed E-state index contributed by atoms with van der Waals surface area (Å²) in [7, 11) is 0. The number of aromatic nitrogens is 2. The predicted octanol–water partition coefficient (Wildman–Crippen LogP) is 3.00. The SMILES string of the molecule is CC(C)n1nccc1CN1CCCc2c(N)cccc21. The zero-order chi connectivity index (χ0) is 14.1. The quantitative estimate of drug-likeness (QED) is 0.872. The molecule has 2 aromatic rings. The normalized spacial score (nSPS) is 14.7. The summed E-state index contributed by atoms with van der Waals surface area (Å²) in [5.41, 5.74) is 10.9. The van der Waals surface area contributed by atoms with Crippen LogP contribution in [0.5, 0.6) is 0 Å². The molecule has 106 valence electrons. The van der Waals surface area contributed by atoms with E-state index in [9.17, 15) is 0 Å². The van der Waals surface area contributed by atoms with Crippen molar-refractivity contribution in [2.45, 2.75) is 39.3 Å². The fourth-order valence-corrected chi connectivity index (χ4v) is 3.02. The van der Waals surface area contributed by atoms with Crippen molar-refractivity contribution < 1.29 is 0 Å². The number of anilines is 2. The zero-order valence-corrected chi connectivity index (χ0v) is 12.2. The lowest BCUT2D eigenvalue weighted by Gasteiger charge is -2.32. The van der Waals surface area contributed by atoms with Crippen LogP contribution in [0, 0.1) is 0 Å². The Labute approximate surface area is 120 Å². The first kappa shape index (κ1) is 13.0. The second kappa shape index (κ2) is 5.19. The van der Waals surface area contributed by atoms with E-state index in [2.05, 4.69) is 40.7 Å². The molecular formula is C16H22N4. The van der Waals surface area contributed by atoms with E-state index in [4.69, 9.17) is 5.73 Å². The Morgan fingerprint density at radius 1 is 1.30 bits per heavy atom. The first-order chi connectivity index (χ1) is 9.66. The summed E-state index contributed by atoms with van der Waals surface area (Å²) in [5.74, 6) is 0. The summed E-state index contributed by atoms with van der Waals surface area (Å²) in [6.07, 6.45) is 4.14. The van der Waals surface area contributed by atoms with Crippen molar-refractivity contribution in [3.05, 3.63) is 41.7 Å². The molecule has 1 aromatic carbocycles. The van der Waals surface area contributed by atoms with E-state index in [-0.39, 0.29) is 0 Å². The minimum absolute atomic E-state index is 0.394. The largest absolute Gasteiger partial charge is 0.398 e. The minimum atomic E-state index is 0.394. The van der Waals surface area contributed by atoms with Gasteiger partial charge in [0.25, 0.3) is 0 Å². The summed E-state index contributed by atoms with van der Waals surface area (Å²) in [6, 6.07) is 8.74. The number of nitrogens with zero attached hydrogens (tertiary/aromatic N) is 3. The Balaban J connectivity index is 1.90. The zero-order valence-electron chi connectivity index (χ0n) is 12.2. The van der Waals surface area contributed by atoms with E-state index in [0.717, 1.165) is 31.6 Å². The van der Waals surface area contributed by atoms with Crippen LogP contribution < -0.4 is 10.6 Å². The summed E-state index contributed by atoms with van der Waals surface area (Å²) in [6.45, 7) is 6.31. The maximum atomic E-state index is 6.11. The van der Waals surface area contributed by atoms with E-state index in [1.165, 1.54) is 16.9 Å². The number of nitrogens with two attached hydrogens (primary N) is 1. The fraction of sp³-hybridized carbons (Fsp3) is 0.438. The van der Waals surface area contributed by atoms with Crippen LogP contribution in [-0.4, -0.2) is 16.3 Å². The second-order valence-corrected chi connectivity index (χ2v) is 5.73. The van der Waals surface area contributed by atoms with Crippen molar-refractivity contribution in [2.24, 2.45) is 0 Å². The second-order valence-electron chi connectivity index (χ2n) is 5.73. The van der Waals surface area contributed by atoms with Crippen molar-refractivity contribution in [3.63, 3.8) is 0 Å². The summed E-state index contributed by atoms with van der Waals surface area (Å²) >= 11 is 0. The van der Waals surface area contributed by atoms with Crippen LogP contribution in [-0.2, 0) is 13.0 Å². The van der Waals surface area contributed by atoms with Gasteiger partial charge in [-0.25, -0.2) is 0 Å². The summed E-state index contributed by atoms with van der Waals surface area (Å²) in [4.78, 5) is 2.42. The van der Waals surface area contributed by atoms with Crippen LogP contribution in [0.4, 0.5) is 11.4 Å². The van der Waals surface area contributed by atoms with E-state index < -0.39 is 0 Å². The average molecular weight is 270 g/mol. The van der Waals surface area contributed by atoms with Gasteiger partial charge in [0.05, 0.1) is 12.2 Å². The highest BCUT2D eigenvalue weighted by molar-refractivity contribution is 5.66. The third-order valence-electron chi connectivity index (χ3n) is 3.98. The number of rotatable bonds is 3. The fourth-order valence-electron chi connectivity index (χ4n) is 3.02. The molecule has 0 spiro atoms. The van der Waals surface area contributed by atoms with Gasteiger partial charge in [-0.2, -0.15) is 5.10 Å². The van der Waals surface area contributed by atoms with E-state index in [1.54, 1.807) is 0 Å². The third-order valence-corrected chi connectivity index (χ3v) is 3.98. The van der Waals surface area contributed by atoms with Crippen molar-refractivity contribution in [2.75, 3.05) is 17.2 Å². The lowest BCUT2D eigenvalue weighted by atomic mass is 10.00. The van der Waals surface area contributed by atoms with Crippen LogP contribution in [0.1, 0.15) is 37.6 Å². The molecule has 2 heterocycles. The van der Waals surface area contributed by atoms with Gasteiger partial charge >= 0.3 is 0 Å². The van der Waals surface area contributed by atoms with Crippen LogP contribution >= 0.6 is 0 Å². The average Bonchev–Trinajstić information content (AvgIpc) is 2.88. The molecule has 0 bridgehead atoms. The van der Waals surface area contributed by atoms with Crippen molar-refractivity contribution in [1.29, 1.82) is 0 Å². The Hall–Kier alpha value is -1.97. The van der Waals surface area contributed by atoms with Gasteiger partial charge in [-0.05, 0) is 50.5 Å². The smallest absolute Gasteiger partial charge is 0.0599 e. The first-order valence-corrected chi connectivity index (χ1v) is 7.31. The molecule has 20 heavy (non-hydrogen) atoms. The van der Waals surface area contributed by atoms with Crippen molar-refractivity contribution >= 4 is 11.4 Å². The summed E-state index contributed by atoms with van der Waals surface area (Å²) < 4.78 is 2.10. The molecular weight excluding hydrogens is 248 g/mol. The maximum absolute atomic E-state index is 6.11. The standard InChI is InChI=1S/C16H22N4/c1-12(2)20-13(8-9-18-20)11-19-10-4-5-14-15(17)6-3-7-16(14)19/h3,6-9,12H,4-5,10-11,17H2,1-2H3. The monoisotopic (exact) mass is 270 g/mol. The third kappa shape index (κ3) is 2.26. The van der Waals surface area contributed by atoms with E-state index >= 15 is 0 Å².